The molecule has 22 heavy (non-hydrogen) atoms. The van der Waals surface area contributed by atoms with Crippen LogP contribution in [0.15, 0.2) is 0 Å². The van der Waals surface area contributed by atoms with Crippen LogP contribution in [0, 0.1) is 17.3 Å². The first kappa shape index (κ1) is 15.8. The highest BCUT2D eigenvalue weighted by molar-refractivity contribution is 5.83. The predicted molar refractivity (Wildman–Crippen MR) is 83.4 cm³/mol. The van der Waals surface area contributed by atoms with Crippen LogP contribution in [0.25, 0.3) is 0 Å². The minimum atomic E-state index is -0.695. The standard InChI is InChI=1S/C17H28N2O3/c1-12(2)18-8-5-13(6-9-18)15(20)19-10-14-4-3-7-17(14,11-19)16(21)22/h12-14H,3-11H2,1-2H3,(H,21,22)/t14-,17+/m0/s1. The number of hydrogen-bond donors (Lipinski definition) is 1. The first-order valence-electron chi connectivity index (χ1n) is 8.70. The van der Waals surface area contributed by atoms with E-state index in [1.807, 2.05) is 4.90 Å². The summed E-state index contributed by atoms with van der Waals surface area (Å²) in [6.07, 6.45) is 4.52. The predicted octanol–water partition coefficient (Wildman–Crippen LogP) is 1.82. The Hall–Kier alpha value is -1.10. The van der Waals surface area contributed by atoms with Crippen LogP contribution in [0.4, 0.5) is 0 Å². The van der Waals surface area contributed by atoms with Gasteiger partial charge in [0.05, 0.1) is 5.41 Å². The van der Waals surface area contributed by atoms with E-state index in [1.165, 1.54) is 0 Å². The Kier molecular flexibility index (Phi) is 4.19. The zero-order chi connectivity index (χ0) is 15.9. The molecule has 1 amide bonds. The number of carbonyl (C=O) groups excluding carboxylic acids is 1. The molecule has 1 aliphatic carbocycles. The minimum absolute atomic E-state index is 0.0969. The molecule has 5 heteroatoms. The Balaban J connectivity index is 1.62. The summed E-state index contributed by atoms with van der Waals surface area (Å²) >= 11 is 0. The van der Waals surface area contributed by atoms with Crippen LogP contribution in [0.2, 0.25) is 0 Å². The highest BCUT2D eigenvalue weighted by Crippen LogP contribution is 2.49. The number of hydrogen-bond acceptors (Lipinski definition) is 3. The van der Waals surface area contributed by atoms with E-state index in [4.69, 9.17) is 0 Å². The van der Waals surface area contributed by atoms with Gasteiger partial charge in [0.2, 0.25) is 5.91 Å². The number of carbonyl (C=O) groups is 2. The number of carboxylic acids is 1. The van der Waals surface area contributed by atoms with Crippen molar-refractivity contribution in [2.45, 2.75) is 52.0 Å². The molecule has 0 aromatic carbocycles. The van der Waals surface area contributed by atoms with Crippen molar-refractivity contribution >= 4 is 11.9 Å². The summed E-state index contributed by atoms with van der Waals surface area (Å²) in [6, 6.07) is 0.539. The maximum absolute atomic E-state index is 12.8. The number of nitrogens with zero attached hydrogens (tertiary/aromatic N) is 2. The summed E-state index contributed by atoms with van der Waals surface area (Å²) in [5, 5.41) is 9.64. The lowest BCUT2D eigenvalue weighted by Gasteiger charge is -2.35. The van der Waals surface area contributed by atoms with Crippen molar-refractivity contribution in [1.29, 1.82) is 0 Å². The first-order chi connectivity index (χ1) is 10.4. The van der Waals surface area contributed by atoms with E-state index in [9.17, 15) is 14.7 Å². The van der Waals surface area contributed by atoms with Crippen LogP contribution in [-0.2, 0) is 9.59 Å². The van der Waals surface area contributed by atoms with Crippen molar-refractivity contribution in [2.75, 3.05) is 26.2 Å². The van der Waals surface area contributed by atoms with Crippen molar-refractivity contribution in [1.82, 2.24) is 9.80 Å². The van der Waals surface area contributed by atoms with Gasteiger partial charge in [0.25, 0.3) is 0 Å². The second-order valence-corrected chi connectivity index (χ2v) is 7.67. The molecule has 3 aliphatic rings. The van der Waals surface area contributed by atoms with Crippen LogP contribution >= 0.6 is 0 Å². The molecular weight excluding hydrogens is 280 g/mol. The maximum Gasteiger partial charge on any atom is 0.311 e. The fourth-order valence-corrected chi connectivity index (χ4v) is 4.73. The van der Waals surface area contributed by atoms with Crippen molar-refractivity contribution in [3.8, 4) is 0 Å². The van der Waals surface area contributed by atoms with E-state index < -0.39 is 11.4 Å². The SMILES string of the molecule is CC(C)N1CCC(C(=O)N2C[C@@H]3CCC[C@@]3(C(=O)O)C2)CC1. The van der Waals surface area contributed by atoms with E-state index in [0.29, 0.717) is 19.1 Å². The highest BCUT2D eigenvalue weighted by Gasteiger charge is 2.56. The van der Waals surface area contributed by atoms with Crippen LogP contribution in [-0.4, -0.2) is 59.0 Å². The molecule has 2 aliphatic heterocycles. The van der Waals surface area contributed by atoms with Crippen molar-refractivity contribution in [2.24, 2.45) is 17.3 Å². The molecule has 2 saturated heterocycles. The minimum Gasteiger partial charge on any atom is -0.481 e. The molecule has 0 aromatic heterocycles. The van der Waals surface area contributed by atoms with Crippen LogP contribution < -0.4 is 0 Å². The van der Waals surface area contributed by atoms with E-state index in [2.05, 4.69) is 18.7 Å². The third kappa shape index (κ3) is 2.53. The molecule has 5 nitrogen and oxygen atoms in total. The summed E-state index contributed by atoms with van der Waals surface area (Å²) in [5.74, 6) is -0.220. The van der Waals surface area contributed by atoms with Gasteiger partial charge in [-0.15, -0.1) is 0 Å². The van der Waals surface area contributed by atoms with Gasteiger partial charge in [0.1, 0.15) is 0 Å². The van der Waals surface area contributed by atoms with E-state index in [1.54, 1.807) is 0 Å². The molecule has 1 saturated carbocycles. The molecule has 2 atom stereocenters. The van der Waals surface area contributed by atoms with Gasteiger partial charge in [-0.25, -0.2) is 0 Å². The van der Waals surface area contributed by atoms with Crippen LogP contribution in [0.5, 0.6) is 0 Å². The number of likely N-dealkylation sites (tertiary alicyclic amines) is 2. The maximum atomic E-state index is 12.8. The van der Waals surface area contributed by atoms with E-state index in [-0.39, 0.29) is 17.7 Å². The zero-order valence-electron chi connectivity index (χ0n) is 13.8. The lowest BCUT2D eigenvalue weighted by molar-refractivity contribution is -0.149. The van der Waals surface area contributed by atoms with Gasteiger partial charge >= 0.3 is 5.97 Å². The Labute approximate surface area is 132 Å². The van der Waals surface area contributed by atoms with Crippen molar-refractivity contribution in [3.05, 3.63) is 0 Å². The number of aliphatic carboxylic acids is 1. The average Bonchev–Trinajstić information content (AvgIpc) is 3.04. The Morgan fingerprint density at radius 1 is 1.18 bits per heavy atom. The van der Waals surface area contributed by atoms with Gasteiger partial charge in [0.15, 0.2) is 0 Å². The quantitative estimate of drug-likeness (QED) is 0.864. The second kappa shape index (κ2) is 5.84. The number of fused-ring (bicyclic) bond motifs is 1. The summed E-state index contributed by atoms with van der Waals surface area (Å²) in [6.45, 7) is 7.46. The molecule has 2 heterocycles. The monoisotopic (exact) mass is 308 g/mol. The molecule has 3 rings (SSSR count). The van der Waals surface area contributed by atoms with Gasteiger partial charge in [-0.05, 0) is 58.5 Å². The molecule has 0 spiro atoms. The Bertz CT molecular complexity index is 457. The van der Waals surface area contributed by atoms with Gasteiger partial charge in [-0.2, -0.15) is 0 Å². The van der Waals surface area contributed by atoms with Crippen molar-refractivity contribution in [3.63, 3.8) is 0 Å². The van der Waals surface area contributed by atoms with Gasteiger partial charge in [-0.3, -0.25) is 9.59 Å². The summed E-state index contributed by atoms with van der Waals surface area (Å²) in [7, 11) is 0. The Morgan fingerprint density at radius 2 is 1.86 bits per heavy atom. The summed E-state index contributed by atoms with van der Waals surface area (Å²) < 4.78 is 0. The second-order valence-electron chi connectivity index (χ2n) is 7.67. The molecule has 0 aromatic rings. The number of amides is 1. The van der Waals surface area contributed by atoms with Crippen LogP contribution in [0.1, 0.15) is 46.0 Å². The number of carboxylic acid groups (broad SMARTS) is 1. The fraction of sp³-hybridized carbons (Fsp3) is 0.882. The highest BCUT2D eigenvalue weighted by atomic mass is 16.4. The molecule has 0 unspecified atom stereocenters. The van der Waals surface area contributed by atoms with Gasteiger partial charge in [0, 0.05) is 25.0 Å². The topological polar surface area (TPSA) is 60.9 Å². The molecule has 1 N–H and O–H groups in total. The largest absolute Gasteiger partial charge is 0.481 e. The van der Waals surface area contributed by atoms with E-state index >= 15 is 0 Å². The number of rotatable bonds is 3. The zero-order valence-corrected chi connectivity index (χ0v) is 13.8. The molecule has 124 valence electrons. The van der Waals surface area contributed by atoms with E-state index in [0.717, 1.165) is 45.2 Å². The normalized spacial score (nSPS) is 33.4. The fourth-order valence-electron chi connectivity index (χ4n) is 4.73. The molecule has 0 bridgehead atoms. The smallest absolute Gasteiger partial charge is 0.311 e. The Morgan fingerprint density at radius 3 is 2.41 bits per heavy atom. The molecular formula is C17H28N2O3. The van der Waals surface area contributed by atoms with Gasteiger partial charge in [-0.1, -0.05) is 6.42 Å². The molecule has 0 radical (unpaired) electrons. The summed E-state index contributed by atoms with van der Waals surface area (Å²) in [4.78, 5) is 28.8. The summed E-state index contributed by atoms with van der Waals surface area (Å²) in [5.41, 5.74) is -0.645. The molecule has 3 fully saturated rings. The third-order valence-corrected chi connectivity index (χ3v) is 6.22. The van der Waals surface area contributed by atoms with Crippen molar-refractivity contribution < 1.29 is 14.7 Å². The third-order valence-electron chi connectivity index (χ3n) is 6.22. The first-order valence-corrected chi connectivity index (χ1v) is 8.70. The van der Waals surface area contributed by atoms with Gasteiger partial charge < -0.3 is 14.9 Å². The lowest BCUT2D eigenvalue weighted by atomic mass is 9.81. The lowest BCUT2D eigenvalue weighted by Crippen LogP contribution is -2.45. The number of piperidine rings is 1. The van der Waals surface area contributed by atoms with Crippen LogP contribution in [0.3, 0.4) is 0 Å². The average molecular weight is 308 g/mol.